The van der Waals surface area contributed by atoms with Crippen molar-refractivity contribution < 1.29 is 4.74 Å². The van der Waals surface area contributed by atoms with Crippen molar-refractivity contribution in [3.63, 3.8) is 0 Å². The second-order valence-corrected chi connectivity index (χ2v) is 1.94. The van der Waals surface area contributed by atoms with Crippen LogP contribution in [0.15, 0.2) is 0 Å². The molecule has 0 heterocycles. The van der Waals surface area contributed by atoms with Crippen LogP contribution in [-0.4, -0.2) is 13.2 Å². The molecule has 0 aliphatic heterocycles. The average molecular weight is 110 g/mol. The fourth-order valence-electron chi connectivity index (χ4n) is 0.811. The maximum atomic E-state index is 5.02. The maximum absolute atomic E-state index is 5.02. The molecule has 1 atom stereocenters. The molecule has 1 aliphatic rings. The van der Waals surface area contributed by atoms with Gasteiger partial charge in [0.1, 0.15) is 6.10 Å². The molecule has 1 aliphatic carbocycles. The Morgan fingerprint density at radius 2 is 2.50 bits per heavy atom. The van der Waals surface area contributed by atoms with E-state index in [-0.39, 0.29) is 6.10 Å². The van der Waals surface area contributed by atoms with E-state index in [0.29, 0.717) is 0 Å². The normalized spacial score (nSPS) is 26.4. The lowest BCUT2D eigenvalue weighted by Gasteiger charge is -2.09. The summed E-state index contributed by atoms with van der Waals surface area (Å²) >= 11 is 0. The van der Waals surface area contributed by atoms with Crippen LogP contribution >= 0.6 is 0 Å². The molecule has 0 N–H and O–H groups in total. The second-order valence-electron chi connectivity index (χ2n) is 1.94. The molecule has 0 spiro atoms. The number of methoxy groups -OCH3 is 1. The zero-order valence-corrected chi connectivity index (χ0v) is 5.11. The molecule has 0 amide bonds. The zero-order chi connectivity index (χ0) is 5.82. The Labute approximate surface area is 50.0 Å². The highest BCUT2D eigenvalue weighted by molar-refractivity contribution is 5.08. The first-order valence-electron chi connectivity index (χ1n) is 2.94. The van der Waals surface area contributed by atoms with Crippen LogP contribution in [0.4, 0.5) is 0 Å². The van der Waals surface area contributed by atoms with Gasteiger partial charge in [0.2, 0.25) is 0 Å². The number of rotatable bonds is 1. The van der Waals surface area contributed by atoms with Crippen molar-refractivity contribution in [2.75, 3.05) is 7.11 Å². The molecule has 1 heteroatoms. The molecule has 8 heavy (non-hydrogen) atoms. The van der Waals surface area contributed by atoms with Gasteiger partial charge < -0.3 is 4.74 Å². The molecule has 0 saturated heterocycles. The third-order valence-electron chi connectivity index (χ3n) is 1.32. The van der Waals surface area contributed by atoms with E-state index in [1.807, 2.05) is 0 Å². The lowest BCUT2D eigenvalue weighted by Crippen LogP contribution is -2.09. The Bertz CT molecular complexity index is 118. The maximum Gasteiger partial charge on any atom is 0.117 e. The smallest absolute Gasteiger partial charge is 0.117 e. The Hall–Kier alpha value is -0.480. The van der Waals surface area contributed by atoms with Gasteiger partial charge in [-0.2, -0.15) is 0 Å². The lowest BCUT2D eigenvalue weighted by molar-refractivity contribution is 0.137. The third-order valence-corrected chi connectivity index (χ3v) is 1.32. The highest BCUT2D eigenvalue weighted by atomic mass is 16.5. The molecule has 0 bridgehead atoms. The molecule has 1 rings (SSSR count). The first-order valence-corrected chi connectivity index (χ1v) is 2.94. The van der Waals surface area contributed by atoms with E-state index in [1.54, 1.807) is 7.11 Å². The molecule has 0 aromatic carbocycles. The van der Waals surface area contributed by atoms with Crippen molar-refractivity contribution in [2.24, 2.45) is 0 Å². The monoisotopic (exact) mass is 110 g/mol. The molecule has 0 aromatic rings. The summed E-state index contributed by atoms with van der Waals surface area (Å²) in [5, 5.41) is 0. The van der Waals surface area contributed by atoms with Crippen molar-refractivity contribution in [2.45, 2.75) is 25.4 Å². The topological polar surface area (TPSA) is 9.23 Å². The predicted octanol–water partition coefficient (Wildman–Crippen LogP) is 1.19. The van der Waals surface area contributed by atoms with Gasteiger partial charge in [-0.1, -0.05) is 5.92 Å². The quantitative estimate of drug-likeness (QED) is 0.461. The lowest BCUT2D eigenvalue weighted by atomic mass is 10.1. The highest BCUT2D eigenvalue weighted by Gasteiger charge is 2.03. The first kappa shape index (κ1) is 5.65. The van der Waals surface area contributed by atoms with E-state index < -0.39 is 0 Å². The molecular weight excluding hydrogens is 100 g/mol. The van der Waals surface area contributed by atoms with E-state index in [0.717, 1.165) is 12.8 Å². The van der Waals surface area contributed by atoms with Gasteiger partial charge in [0.25, 0.3) is 0 Å². The Morgan fingerprint density at radius 3 is 2.88 bits per heavy atom. The van der Waals surface area contributed by atoms with Crippen LogP contribution in [0.25, 0.3) is 0 Å². The minimum absolute atomic E-state index is 0.226. The Balaban J connectivity index is 2.39. The van der Waals surface area contributed by atoms with Crippen molar-refractivity contribution in [1.29, 1.82) is 0 Å². The summed E-state index contributed by atoms with van der Waals surface area (Å²) in [7, 11) is 1.71. The van der Waals surface area contributed by atoms with Gasteiger partial charge in [0.15, 0.2) is 0 Å². The molecule has 0 radical (unpaired) electrons. The van der Waals surface area contributed by atoms with Crippen molar-refractivity contribution in [1.82, 2.24) is 0 Å². The van der Waals surface area contributed by atoms with E-state index >= 15 is 0 Å². The van der Waals surface area contributed by atoms with Crippen LogP contribution in [0, 0.1) is 11.8 Å². The van der Waals surface area contributed by atoms with E-state index in [9.17, 15) is 0 Å². The van der Waals surface area contributed by atoms with E-state index in [2.05, 4.69) is 11.8 Å². The zero-order valence-electron chi connectivity index (χ0n) is 5.11. The van der Waals surface area contributed by atoms with Crippen molar-refractivity contribution in [3.05, 3.63) is 0 Å². The SMILES string of the molecule is COC1C#CCCC1. The summed E-state index contributed by atoms with van der Waals surface area (Å²) in [6, 6.07) is 0. The molecule has 0 fully saturated rings. The fourth-order valence-corrected chi connectivity index (χ4v) is 0.811. The van der Waals surface area contributed by atoms with Crippen LogP contribution in [0.1, 0.15) is 19.3 Å². The van der Waals surface area contributed by atoms with Gasteiger partial charge in [0.05, 0.1) is 0 Å². The molecule has 44 valence electrons. The minimum Gasteiger partial charge on any atom is -0.369 e. The van der Waals surface area contributed by atoms with Crippen molar-refractivity contribution >= 4 is 0 Å². The Kier molecular flexibility index (Phi) is 1.93. The van der Waals surface area contributed by atoms with Gasteiger partial charge in [-0.25, -0.2) is 0 Å². The summed E-state index contributed by atoms with van der Waals surface area (Å²) < 4.78 is 5.02. The van der Waals surface area contributed by atoms with Crippen LogP contribution < -0.4 is 0 Å². The van der Waals surface area contributed by atoms with Gasteiger partial charge in [-0.3, -0.25) is 0 Å². The van der Waals surface area contributed by atoms with Gasteiger partial charge in [-0.05, 0) is 12.8 Å². The molecule has 0 saturated carbocycles. The molecule has 1 nitrogen and oxygen atoms in total. The second kappa shape index (κ2) is 2.74. The molecular formula is C7H10O. The fraction of sp³-hybridized carbons (Fsp3) is 0.714. The third kappa shape index (κ3) is 1.24. The largest absolute Gasteiger partial charge is 0.369 e. The molecule has 0 aromatic heterocycles. The standard InChI is InChI=1S/C7H10O/c1-8-7-5-3-2-4-6-7/h7H,2-3,5H2,1H3. The average Bonchev–Trinajstić information content (AvgIpc) is 1.90. The van der Waals surface area contributed by atoms with E-state index in [4.69, 9.17) is 4.74 Å². The highest BCUT2D eigenvalue weighted by Crippen LogP contribution is 2.06. The molecule has 1 unspecified atom stereocenters. The van der Waals surface area contributed by atoms with Gasteiger partial charge in [-0.15, -0.1) is 5.92 Å². The Morgan fingerprint density at radius 1 is 1.62 bits per heavy atom. The van der Waals surface area contributed by atoms with Crippen LogP contribution in [-0.2, 0) is 4.74 Å². The summed E-state index contributed by atoms with van der Waals surface area (Å²) in [5.41, 5.74) is 0. The number of hydrogen-bond donors (Lipinski definition) is 0. The summed E-state index contributed by atoms with van der Waals surface area (Å²) in [6.45, 7) is 0. The summed E-state index contributed by atoms with van der Waals surface area (Å²) in [5.74, 6) is 6.01. The minimum atomic E-state index is 0.226. The van der Waals surface area contributed by atoms with Gasteiger partial charge in [0, 0.05) is 13.5 Å². The number of ether oxygens (including phenoxy) is 1. The van der Waals surface area contributed by atoms with E-state index in [1.165, 1.54) is 6.42 Å². The van der Waals surface area contributed by atoms with Crippen LogP contribution in [0.5, 0.6) is 0 Å². The summed E-state index contributed by atoms with van der Waals surface area (Å²) in [6.07, 6.45) is 3.60. The predicted molar refractivity (Wildman–Crippen MR) is 32.4 cm³/mol. The van der Waals surface area contributed by atoms with Crippen molar-refractivity contribution in [3.8, 4) is 11.8 Å². The van der Waals surface area contributed by atoms with Crippen LogP contribution in [0.3, 0.4) is 0 Å². The first-order chi connectivity index (χ1) is 3.93. The van der Waals surface area contributed by atoms with Crippen LogP contribution in [0.2, 0.25) is 0 Å². The number of hydrogen-bond acceptors (Lipinski definition) is 1. The summed E-state index contributed by atoms with van der Waals surface area (Å²) in [4.78, 5) is 0. The van der Waals surface area contributed by atoms with Gasteiger partial charge >= 0.3 is 0 Å².